The number of nitrogens with zero attached hydrogens (tertiary/aromatic N) is 5. The van der Waals surface area contributed by atoms with Crippen LogP contribution in [0.25, 0.3) is 16.8 Å². The van der Waals surface area contributed by atoms with E-state index in [1.807, 2.05) is 18.3 Å². The van der Waals surface area contributed by atoms with E-state index in [0.717, 1.165) is 46.5 Å². The second-order valence-corrected chi connectivity index (χ2v) is 7.46. The number of rotatable bonds is 3. The summed E-state index contributed by atoms with van der Waals surface area (Å²) in [6.45, 7) is 1.58. The van der Waals surface area contributed by atoms with E-state index in [1.165, 1.54) is 6.20 Å². The summed E-state index contributed by atoms with van der Waals surface area (Å²) < 4.78 is 1.62. The van der Waals surface area contributed by atoms with Gasteiger partial charge in [-0.3, -0.25) is 14.8 Å². The predicted molar refractivity (Wildman–Crippen MR) is 115 cm³/mol. The van der Waals surface area contributed by atoms with Gasteiger partial charge in [0.05, 0.1) is 35.4 Å². The van der Waals surface area contributed by atoms with Gasteiger partial charge in [-0.1, -0.05) is 12.1 Å². The Morgan fingerprint density at radius 1 is 1.17 bits per heavy atom. The van der Waals surface area contributed by atoms with Gasteiger partial charge < -0.3 is 15.2 Å². The lowest BCUT2D eigenvalue weighted by Crippen LogP contribution is -2.34. The van der Waals surface area contributed by atoms with Crippen LogP contribution in [0.4, 0.5) is 0 Å². The molecule has 0 aliphatic carbocycles. The Morgan fingerprint density at radius 3 is 2.57 bits per heavy atom. The van der Waals surface area contributed by atoms with E-state index in [1.54, 1.807) is 36.1 Å². The SMILES string of the molecule is CN1CCc2c(c(-c3cnc(C(=CN)c4ccc(C#N)cc4)cn3)cn(C)c2=O)C1. The zero-order valence-electron chi connectivity index (χ0n) is 17.0. The first-order valence-electron chi connectivity index (χ1n) is 9.67. The summed E-state index contributed by atoms with van der Waals surface area (Å²) in [6.07, 6.45) is 7.47. The molecule has 3 heterocycles. The molecule has 150 valence electrons. The van der Waals surface area contributed by atoms with Gasteiger partial charge in [0.2, 0.25) is 0 Å². The smallest absolute Gasteiger partial charge is 0.253 e. The molecule has 0 saturated carbocycles. The molecule has 0 atom stereocenters. The van der Waals surface area contributed by atoms with E-state index in [9.17, 15) is 4.79 Å². The summed E-state index contributed by atoms with van der Waals surface area (Å²) >= 11 is 0. The van der Waals surface area contributed by atoms with Crippen molar-refractivity contribution in [3.8, 4) is 17.3 Å². The summed E-state index contributed by atoms with van der Waals surface area (Å²) in [4.78, 5) is 24.0. The maximum Gasteiger partial charge on any atom is 0.253 e. The number of aromatic nitrogens is 3. The van der Waals surface area contributed by atoms with E-state index in [2.05, 4.69) is 28.0 Å². The standard InChI is InChI=1S/C23H22N6O/c1-28-8-7-17-19(13-28)20(14-29(2)23(17)30)22-12-26-21(11-27-22)18(10-25)16-5-3-15(9-24)4-6-16/h3-6,10-12,14H,7-8,13,25H2,1-2H3. The fourth-order valence-corrected chi connectivity index (χ4v) is 3.81. The van der Waals surface area contributed by atoms with Crippen molar-refractivity contribution in [2.75, 3.05) is 13.6 Å². The second kappa shape index (κ2) is 7.93. The summed E-state index contributed by atoms with van der Waals surface area (Å²) in [5.41, 5.74) is 12.3. The third-order valence-corrected chi connectivity index (χ3v) is 5.46. The van der Waals surface area contributed by atoms with E-state index in [4.69, 9.17) is 11.0 Å². The zero-order chi connectivity index (χ0) is 21.3. The van der Waals surface area contributed by atoms with Gasteiger partial charge in [-0.05, 0) is 36.7 Å². The highest BCUT2D eigenvalue weighted by atomic mass is 16.1. The van der Waals surface area contributed by atoms with Crippen LogP contribution in [0.2, 0.25) is 0 Å². The fourth-order valence-electron chi connectivity index (χ4n) is 3.81. The quantitative estimate of drug-likeness (QED) is 0.725. The normalized spacial score (nSPS) is 14.2. The van der Waals surface area contributed by atoms with E-state index < -0.39 is 0 Å². The van der Waals surface area contributed by atoms with Crippen molar-refractivity contribution >= 4 is 5.57 Å². The molecule has 7 nitrogen and oxygen atoms in total. The Bertz CT molecular complexity index is 1220. The van der Waals surface area contributed by atoms with E-state index in [-0.39, 0.29) is 5.56 Å². The third-order valence-electron chi connectivity index (χ3n) is 5.46. The van der Waals surface area contributed by atoms with Crippen LogP contribution in [0.5, 0.6) is 0 Å². The van der Waals surface area contributed by atoms with Crippen molar-refractivity contribution in [1.82, 2.24) is 19.4 Å². The van der Waals surface area contributed by atoms with Crippen LogP contribution in [-0.4, -0.2) is 33.0 Å². The zero-order valence-corrected chi connectivity index (χ0v) is 17.0. The van der Waals surface area contributed by atoms with Gasteiger partial charge >= 0.3 is 0 Å². The third kappa shape index (κ3) is 3.49. The Balaban J connectivity index is 1.73. The van der Waals surface area contributed by atoms with Crippen LogP contribution in [0.15, 0.2) is 53.9 Å². The van der Waals surface area contributed by atoms with Gasteiger partial charge in [-0.15, -0.1) is 0 Å². The molecule has 30 heavy (non-hydrogen) atoms. The van der Waals surface area contributed by atoms with Gasteiger partial charge in [-0.25, -0.2) is 0 Å². The molecule has 0 spiro atoms. The molecule has 0 bridgehead atoms. The molecule has 0 saturated heterocycles. The highest BCUT2D eigenvalue weighted by molar-refractivity contribution is 5.78. The lowest BCUT2D eigenvalue weighted by molar-refractivity contribution is 0.311. The molecule has 0 amide bonds. The van der Waals surface area contributed by atoms with Crippen molar-refractivity contribution in [1.29, 1.82) is 5.26 Å². The first kappa shape index (κ1) is 19.6. The Hall–Kier alpha value is -3.76. The number of fused-ring (bicyclic) bond motifs is 1. The highest BCUT2D eigenvalue weighted by Crippen LogP contribution is 2.28. The first-order valence-corrected chi connectivity index (χ1v) is 9.67. The van der Waals surface area contributed by atoms with Crippen LogP contribution in [0.3, 0.4) is 0 Å². The average molecular weight is 398 g/mol. The number of likely N-dealkylation sites (N-methyl/N-ethyl adjacent to an activating group) is 1. The number of hydrogen-bond donors (Lipinski definition) is 1. The average Bonchev–Trinajstić information content (AvgIpc) is 2.78. The topological polar surface area (TPSA) is 101 Å². The van der Waals surface area contributed by atoms with Gasteiger partial charge in [0.25, 0.3) is 5.56 Å². The summed E-state index contributed by atoms with van der Waals surface area (Å²) in [6, 6.07) is 9.27. The van der Waals surface area contributed by atoms with E-state index in [0.29, 0.717) is 17.8 Å². The Morgan fingerprint density at radius 2 is 1.93 bits per heavy atom. The van der Waals surface area contributed by atoms with Crippen molar-refractivity contribution in [2.24, 2.45) is 12.8 Å². The summed E-state index contributed by atoms with van der Waals surface area (Å²) in [7, 11) is 3.82. The van der Waals surface area contributed by atoms with Crippen LogP contribution in [0, 0.1) is 11.3 Å². The summed E-state index contributed by atoms with van der Waals surface area (Å²) in [5, 5.41) is 8.98. The molecule has 2 aromatic heterocycles. The van der Waals surface area contributed by atoms with Gasteiger partial charge in [0, 0.05) is 49.2 Å². The van der Waals surface area contributed by atoms with Crippen LogP contribution in [-0.2, 0) is 20.0 Å². The van der Waals surface area contributed by atoms with Crippen molar-refractivity contribution in [3.63, 3.8) is 0 Å². The molecule has 1 aliphatic heterocycles. The van der Waals surface area contributed by atoms with Gasteiger partial charge in [0.15, 0.2) is 0 Å². The number of hydrogen-bond acceptors (Lipinski definition) is 6. The largest absolute Gasteiger partial charge is 0.404 e. The van der Waals surface area contributed by atoms with Crippen LogP contribution in [0.1, 0.15) is 27.9 Å². The molecule has 1 aromatic carbocycles. The van der Waals surface area contributed by atoms with Crippen LogP contribution < -0.4 is 11.3 Å². The molecule has 0 radical (unpaired) electrons. The molecule has 2 N–H and O–H groups in total. The number of benzene rings is 1. The highest BCUT2D eigenvalue weighted by Gasteiger charge is 2.22. The molecule has 0 unspecified atom stereocenters. The molecule has 7 heteroatoms. The molecule has 0 fully saturated rings. The lowest BCUT2D eigenvalue weighted by atomic mass is 9.96. The van der Waals surface area contributed by atoms with Crippen molar-refractivity contribution in [3.05, 3.63) is 87.4 Å². The number of nitrogens with two attached hydrogens (primary N) is 1. The minimum atomic E-state index is 0.0561. The Kier molecular flexibility index (Phi) is 5.17. The molecule has 4 rings (SSSR count). The first-order chi connectivity index (χ1) is 14.5. The molecule has 1 aliphatic rings. The number of aryl methyl sites for hydroxylation is 1. The van der Waals surface area contributed by atoms with Crippen molar-refractivity contribution < 1.29 is 0 Å². The minimum Gasteiger partial charge on any atom is -0.404 e. The second-order valence-electron chi connectivity index (χ2n) is 7.46. The predicted octanol–water partition coefficient (Wildman–Crippen LogP) is 2.05. The van der Waals surface area contributed by atoms with Gasteiger partial charge in [-0.2, -0.15) is 5.26 Å². The number of nitriles is 1. The maximum atomic E-state index is 12.6. The number of pyridine rings is 1. The monoisotopic (exact) mass is 398 g/mol. The molecule has 3 aromatic rings. The maximum absolute atomic E-state index is 12.6. The fraction of sp³-hybridized carbons (Fsp3) is 0.217. The lowest BCUT2D eigenvalue weighted by Gasteiger charge is -2.27. The van der Waals surface area contributed by atoms with E-state index >= 15 is 0 Å². The minimum absolute atomic E-state index is 0.0561. The molecular formula is C23H22N6O. The van der Waals surface area contributed by atoms with Gasteiger partial charge in [0.1, 0.15) is 0 Å². The van der Waals surface area contributed by atoms with Crippen molar-refractivity contribution in [2.45, 2.75) is 13.0 Å². The van der Waals surface area contributed by atoms with Crippen LogP contribution >= 0.6 is 0 Å². The Labute approximate surface area is 174 Å². The molecular weight excluding hydrogens is 376 g/mol. The summed E-state index contributed by atoms with van der Waals surface area (Å²) in [5.74, 6) is 0.